The third-order valence-corrected chi connectivity index (χ3v) is 6.24. The first-order valence-corrected chi connectivity index (χ1v) is 11.1. The third-order valence-electron chi connectivity index (χ3n) is 4.13. The molecule has 5 N–H and O–H groups in total. The Hall–Kier alpha value is -2.80. The van der Waals surface area contributed by atoms with Crippen LogP contribution in [0.15, 0.2) is 25.9 Å². The molecule has 30 heavy (non-hydrogen) atoms. The van der Waals surface area contributed by atoms with Crippen molar-refractivity contribution in [1.82, 2.24) is 20.5 Å². The van der Waals surface area contributed by atoms with Crippen molar-refractivity contribution in [2.45, 2.75) is 17.7 Å². The van der Waals surface area contributed by atoms with Crippen LogP contribution in [0, 0.1) is 5.92 Å². The van der Waals surface area contributed by atoms with E-state index in [1.54, 1.807) is 5.32 Å². The van der Waals surface area contributed by atoms with E-state index in [1.165, 1.54) is 12.1 Å². The number of halogens is 1. The van der Waals surface area contributed by atoms with Gasteiger partial charge in [-0.2, -0.15) is 0 Å². The molecule has 0 bridgehead atoms. The van der Waals surface area contributed by atoms with Gasteiger partial charge in [0, 0.05) is 40.4 Å². The van der Waals surface area contributed by atoms with Gasteiger partial charge < -0.3 is 21.7 Å². The minimum Gasteiger partial charge on any atom is -0.383 e. The normalized spacial score (nSPS) is 18.9. The molecule has 1 saturated carbocycles. The molecule has 1 fully saturated rings. The molecular weight excluding hydrogens is 476 g/mol. The molecule has 1 aliphatic carbocycles. The van der Waals surface area contributed by atoms with Gasteiger partial charge in [0.25, 0.3) is 5.91 Å². The SMILES string of the molecule is [2H]C([2H])([2H])N=S(C)(=O)c1cc(Br)c(N)nc1Nc1cc(NC(=O)C2CC2)nnc1C(=O)NC([2H])([2H])[2H]. The molecule has 2 amide bonds. The van der Waals surface area contributed by atoms with Gasteiger partial charge in [0.2, 0.25) is 5.91 Å². The Morgan fingerprint density at radius 3 is 2.80 bits per heavy atom. The van der Waals surface area contributed by atoms with E-state index in [9.17, 15) is 13.8 Å². The summed E-state index contributed by atoms with van der Waals surface area (Å²) in [5.41, 5.74) is 5.18. The van der Waals surface area contributed by atoms with Gasteiger partial charge in [0.05, 0.1) is 24.8 Å². The number of nitrogen functional groups attached to an aromatic ring is 1. The topological polar surface area (TPSA) is 164 Å². The van der Waals surface area contributed by atoms with Crippen molar-refractivity contribution in [3.63, 3.8) is 0 Å². The van der Waals surface area contributed by atoms with Crippen LogP contribution in [0.25, 0.3) is 0 Å². The maximum Gasteiger partial charge on any atom is 0.273 e. The van der Waals surface area contributed by atoms with Crippen LogP contribution in [-0.2, 0) is 14.5 Å². The number of anilines is 4. The van der Waals surface area contributed by atoms with Crippen molar-refractivity contribution in [1.29, 1.82) is 0 Å². The summed E-state index contributed by atoms with van der Waals surface area (Å²) in [7, 11) is -3.60. The van der Waals surface area contributed by atoms with Crippen molar-refractivity contribution < 1.29 is 22.0 Å². The first-order chi connectivity index (χ1) is 16.4. The highest BCUT2D eigenvalue weighted by molar-refractivity contribution is 9.10. The minimum absolute atomic E-state index is 0.0594. The molecule has 2 aromatic heterocycles. The lowest BCUT2D eigenvalue weighted by molar-refractivity contribution is -0.117. The summed E-state index contributed by atoms with van der Waals surface area (Å²) < 4.78 is 60.9. The van der Waals surface area contributed by atoms with Gasteiger partial charge in [-0.25, -0.2) is 13.6 Å². The lowest BCUT2D eigenvalue weighted by Crippen LogP contribution is -2.23. The number of nitrogens with zero attached hydrogens (tertiary/aromatic N) is 4. The van der Waals surface area contributed by atoms with Gasteiger partial charge in [0.1, 0.15) is 11.6 Å². The molecular formula is C17H21BrN8O3S. The van der Waals surface area contributed by atoms with Crippen molar-refractivity contribution in [3.8, 4) is 0 Å². The average Bonchev–Trinajstić information content (AvgIpc) is 3.53. The fraction of sp³-hybridized carbons (Fsp3) is 0.353. The summed E-state index contributed by atoms with van der Waals surface area (Å²) in [5, 5.41) is 14.5. The highest BCUT2D eigenvalue weighted by Crippen LogP contribution is 2.32. The number of nitrogens with two attached hydrogens (primary N) is 1. The number of nitrogens with one attached hydrogen (secondary N) is 3. The van der Waals surface area contributed by atoms with E-state index in [2.05, 4.69) is 46.1 Å². The number of aromatic nitrogens is 3. The van der Waals surface area contributed by atoms with E-state index in [1.807, 2.05) is 0 Å². The molecule has 2 aromatic rings. The molecule has 3 rings (SSSR count). The van der Waals surface area contributed by atoms with Gasteiger partial charge in [-0.3, -0.25) is 9.59 Å². The summed E-state index contributed by atoms with van der Waals surface area (Å²) >= 11 is 3.15. The van der Waals surface area contributed by atoms with Crippen LogP contribution >= 0.6 is 15.9 Å². The van der Waals surface area contributed by atoms with Gasteiger partial charge in [-0.15, -0.1) is 10.2 Å². The van der Waals surface area contributed by atoms with E-state index in [4.69, 9.17) is 14.0 Å². The molecule has 0 aromatic carbocycles. The lowest BCUT2D eigenvalue weighted by atomic mass is 10.2. The predicted molar refractivity (Wildman–Crippen MR) is 117 cm³/mol. The Kier molecular flexibility index (Phi) is 4.28. The van der Waals surface area contributed by atoms with Crippen molar-refractivity contribution in [2.24, 2.45) is 10.3 Å². The standard InChI is InChI=1S/C17H21BrN8O3S/c1-20-17(28)13-10(7-12(25-26-13)23-16(27)8-4-5-8)22-15-11(30(3,29)21-2)6-9(18)14(19)24-15/h6-8H,4-5H2,1-3H3,(H,20,28)(H4,19,22,23,24,25,27)/i1D3,2D3. The van der Waals surface area contributed by atoms with Crippen LogP contribution in [0.1, 0.15) is 31.6 Å². The molecule has 13 heteroatoms. The second kappa shape index (κ2) is 8.52. The van der Waals surface area contributed by atoms with E-state index in [-0.39, 0.29) is 44.3 Å². The van der Waals surface area contributed by atoms with Crippen LogP contribution in [0.3, 0.4) is 0 Å². The minimum atomic E-state index is -3.60. The molecule has 1 atom stereocenters. The van der Waals surface area contributed by atoms with Crippen LogP contribution in [0.5, 0.6) is 0 Å². The molecule has 0 saturated heterocycles. The van der Waals surface area contributed by atoms with Crippen molar-refractivity contribution in [3.05, 3.63) is 22.3 Å². The predicted octanol–water partition coefficient (Wildman–Crippen LogP) is 1.75. The average molecular weight is 503 g/mol. The first kappa shape index (κ1) is 15.1. The molecule has 160 valence electrons. The van der Waals surface area contributed by atoms with Gasteiger partial charge >= 0.3 is 0 Å². The second-order valence-electron chi connectivity index (χ2n) is 6.43. The number of pyridine rings is 1. The monoisotopic (exact) mass is 502 g/mol. The Morgan fingerprint density at radius 1 is 1.37 bits per heavy atom. The lowest BCUT2D eigenvalue weighted by Gasteiger charge is -2.16. The number of rotatable bonds is 6. The number of carbonyl (C=O) groups excluding carboxylic acids is 2. The van der Waals surface area contributed by atoms with Crippen molar-refractivity contribution >= 4 is 60.6 Å². The summed E-state index contributed by atoms with van der Waals surface area (Å²) in [5.74, 6) is -2.01. The van der Waals surface area contributed by atoms with E-state index in [0.29, 0.717) is 12.8 Å². The van der Waals surface area contributed by atoms with Crippen LogP contribution in [0.2, 0.25) is 0 Å². The number of amides is 2. The zero-order valence-electron chi connectivity index (χ0n) is 21.5. The molecule has 11 nitrogen and oxygen atoms in total. The number of carbonyl (C=O) groups is 2. The molecule has 0 aliphatic heterocycles. The van der Waals surface area contributed by atoms with Crippen LogP contribution in [0.4, 0.5) is 23.1 Å². The second-order valence-corrected chi connectivity index (χ2v) is 9.51. The summed E-state index contributed by atoms with van der Waals surface area (Å²) in [6.45, 7) is -5.75. The number of hydrogen-bond acceptors (Lipinski definition) is 9. The quantitative estimate of drug-likeness (QED) is 0.463. The Balaban J connectivity index is 2.13. The maximum absolute atomic E-state index is 13.3. The van der Waals surface area contributed by atoms with Gasteiger partial charge in [-0.1, -0.05) is 0 Å². The zero-order chi connectivity index (χ0) is 27.1. The summed E-state index contributed by atoms with van der Waals surface area (Å²) in [6.07, 6.45) is 2.51. The van der Waals surface area contributed by atoms with E-state index < -0.39 is 35.3 Å². The van der Waals surface area contributed by atoms with Gasteiger partial charge in [-0.05, 0) is 34.8 Å². The highest BCUT2D eigenvalue weighted by Gasteiger charge is 2.30. The van der Waals surface area contributed by atoms with Gasteiger partial charge in [0.15, 0.2) is 11.5 Å². The Bertz CT molecular complexity index is 1340. The van der Waals surface area contributed by atoms with E-state index in [0.717, 1.165) is 6.26 Å². The zero-order valence-corrected chi connectivity index (χ0v) is 17.9. The van der Waals surface area contributed by atoms with Crippen molar-refractivity contribution in [2.75, 3.05) is 36.6 Å². The summed E-state index contributed by atoms with van der Waals surface area (Å²) in [6, 6.07) is 2.46. The van der Waals surface area contributed by atoms with Crippen LogP contribution in [-0.4, -0.2) is 51.4 Å². The summed E-state index contributed by atoms with van der Waals surface area (Å²) in [4.78, 5) is 28.7. The van der Waals surface area contributed by atoms with E-state index >= 15 is 0 Å². The van der Waals surface area contributed by atoms with Crippen LogP contribution < -0.4 is 21.7 Å². The maximum atomic E-state index is 13.3. The fourth-order valence-electron chi connectivity index (χ4n) is 2.39. The largest absolute Gasteiger partial charge is 0.383 e. The molecule has 0 spiro atoms. The number of hydrogen-bond donors (Lipinski definition) is 4. The Labute approximate surface area is 190 Å². The molecule has 1 aliphatic rings. The smallest absolute Gasteiger partial charge is 0.273 e. The molecule has 0 radical (unpaired) electrons. The molecule has 2 heterocycles. The first-order valence-electron chi connectivity index (χ1n) is 11.4. The molecule has 1 unspecified atom stereocenters. The Morgan fingerprint density at radius 2 is 2.13 bits per heavy atom. The third kappa shape index (κ3) is 4.67. The highest BCUT2D eigenvalue weighted by atomic mass is 79.9. The fourth-order valence-corrected chi connectivity index (χ4v) is 3.75.